The molecule has 0 aliphatic carbocycles. The Balaban J connectivity index is 1.51. The third-order valence-corrected chi connectivity index (χ3v) is 4.71. The molecule has 0 aliphatic rings. The molecule has 4 aromatic rings. The summed E-state index contributed by atoms with van der Waals surface area (Å²) >= 11 is 5.86. The Labute approximate surface area is 178 Å². The van der Waals surface area contributed by atoms with Gasteiger partial charge in [0.1, 0.15) is 5.75 Å². The number of fused-ring (bicyclic) bond motifs is 1. The van der Waals surface area contributed by atoms with Crippen LogP contribution in [-0.4, -0.2) is 29.0 Å². The van der Waals surface area contributed by atoms with Crippen LogP contribution in [0.15, 0.2) is 67.0 Å². The zero-order valence-electron chi connectivity index (χ0n) is 16.1. The maximum Gasteiger partial charge on any atom is 0.262 e. The maximum absolute atomic E-state index is 12.2. The first-order valence-electron chi connectivity index (χ1n) is 9.13. The van der Waals surface area contributed by atoms with E-state index in [-0.39, 0.29) is 12.5 Å². The van der Waals surface area contributed by atoms with Crippen molar-refractivity contribution < 1.29 is 14.3 Å². The first-order valence-corrected chi connectivity index (χ1v) is 9.51. The van der Waals surface area contributed by atoms with Crippen molar-refractivity contribution in [3.8, 4) is 22.8 Å². The fraction of sp³-hybridized carbons (Fsp3) is 0.0909. The number of carbonyl (C=O) groups is 1. The van der Waals surface area contributed by atoms with E-state index < -0.39 is 0 Å². The summed E-state index contributed by atoms with van der Waals surface area (Å²) in [6, 6.07) is 15.9. The first-order chi connectivity index (χ1) is 14.5. The number of nitrogens with one attached hydrogen (secondary N) is 1. The molecular weight excluding hydrogens is 404 g/mol. The Morgan fingerprint density at radius 1 is 1.17 bits per heavy atom. The summed E-state index contributed by atoms with van der Waals surface area (Å²) in [6.07, 6.45) is 3.73. The van der Waals surface area contributed by atoms with Gasteiger partial charge >= 0.3 is 0 Å². The number of benzene rings is 2. The highest BCUT2D eigenvalue weighted by molar-refractivity contribution is 6.30. The fourth-order valence-electron chi connectivity index (χ4n) is 3.01. The highest BCUT2D eigenvalue weighted by Crippen LogP contribution is 2.29. The number of nitrogens with zero attached hydrogens (tertiary/aromatic N) is 2. The van der Waals surface area contributed by atoms with E-state index in [1.807, 2.05) is 28.9 Å². The normalized spacial score (nSPS) is 10.7. The number of pyridine rings is 1. The van der Waals surface area contributed by atoms with Crippen LogP contribution < -0.4 is 20.5 Å². The number of amides is 1. The number of methoxy groups -OCH3 is 1. The minimum absolute atomic E-state index is 0.153. The summed E-state index contributed by atoms with van der Waals surface area (Å²) < 4.78 is 12.8. The van der Waals surface area contributed by atoms with Gasteiger partial charge in [0.2, 0.25) is 0 Å². The van der Waals surface area contributed by atoms with Gasteiger partial charge in [0.25, 0.3) is 5.91 Å². The second-order valence-electron chi connectivity index (χ2n) is 6.53. The van der Waals surface area contributed by atoms with Gasteiger partial charge in [-0.25, -0.2) is 4.98 Å². The largest absolute Gasteiger partial charge is 0.495 e. The molecule has 2 aromatic carbocycles. The van der Waals surface area contributed by atoms with Gasteiger partial charge in [0.05, 0.1) is 18.5 Å². The number of rotatable bonds is 6. The second kappa shape index (κ2) is 8.34. The number of imidazole rings is 1. The molecule has 7 nitrogen and oxygen atoms in total. The fourth-order valence-corrected chi connectivity index (χ4v) is 3.13. The molecule has 4 rings (SSSR count). The minimum Gasteiger partial charge on any atom is -0.495 e. The lowest BCUT2D eigenvalue weighted by Crippen LogP contribution is -2.20. The van der Waals surface area contributed by atoms with Gasteiger partial charge in [-0.05, 0) is 54.6 Å². The van der Waals surface area contributed by atoms with Gasteiger partial charge in [0.15, 0.2) is 18.0 Å². The number of halogens is 1. The Morgan fingerprint density at radius 2 is 1.97 bits per heavy atom. The standard InChI is InChI=1S/C22H19ClN4O3/c1-29-19-9-4-14(11-17(19)24)18-12-27-10-2-3-20(22(27)26-18)30-13-21(28)25-16-7-5-15(23)6-8-16/h2-12H,13,24H2,1H3,(H,25,28). The Hall–Kier alpha value is -3.71. The van der Waals surface area contributed by atoms with Gasteiger partial charge < -0.3 is 24.9 Å². The smallest absolute Gasteiger partial charge is 0.262 e. The van der Waals surface area contributed by atoms with Gasteiger partial charge in [-0.1, -0.05) is 11.6 Å². The third kappa shape index (κ3) is 4.16. The number of carbonyl (C=O) groups excluding carboxylic acids is 1. The molecule has 0 spiro atoms. The zero-order chi connectivity index (χ0) is 21.1. The highest BCUT2D eigenvalue weighted by atomic mass is 35.5. The number of aromatic nitrogens is 2. The molecule has 0 aliphatic heterocycles. The molecule has 0 atom stereocenters. The molecule has 0 saturated carbocycles. The molecule has 2 heterocycles. The molecular formula is C22H19ClN4O3. The summed E-state index contributed by atoms with van der Waals surface area (Å²) in [4.78, 5) is 16.9. The molecule has 0 bridgehead atoms. The molecule has 0 fully saturated rings. The van der Waals surface area contributed by atoms with E-state index in [0.717, 1.165) is 11.3 Å². The molecule has 2 aromatic heterocycles. The third-order valence-electron chi connectivity index (χ3n) is 4.46. The van der Waals surface area contributed by atoms with Crippen molar-refractivity contribution in [2.75, 3.05) is 24.8 Å². The molecule has 0 radical (unpaired) electrons. The maximum atomic E-state index is 12.2. The van der Waals surface area contributed by atoms with Crippen molar-refractivity contribution in [2.24, 2.45) is 0 Å². The average molecular weight is 423 g/mol. The lowest BCUT2D eigenvalue weighted by atomic mass is 10.1. The summed E-state index contributed by atoms with van der Waals surface area (Å²) in [6.45, 7) is -0.153. The predicted octanol–water partition coefficient (Wildman–Crippen LogP) is 4.26. The van der Waals surface area contributed by atoms with Crippen LogP contribution in [0.1, 0.15) is 0 Å². The van der Waals surface area contributed by atoms with Crippen LogP contribution >= 0.6 is 11.6 Å². The number of ether oxygens (including phenoxy) is 2. The van der Waals surface area contributed by atoms with Crippen LogP contribution in [0.25, 0.3) is 16.9 Å². The van der Waals surface area contributed by atoms with Crippen molar-refractivity contribution >= 4 is 34.5 Å². The molecule has 30 heavy (non-hydrogen) atoms. The quantitative estimate of drug-likeness (QED) is 0.453. The Kier molecular flexibility index (Phi) is 5.45. The van der Waals surface area contributed by atoms with Gasteiger partial charge in [0, 0.05) is 28.7 Å². The predicted molar refractivity (Wildman–Crippen MR) is 117 cm³/mol. The second-order valence-corrected chi connectivity index (χ2v) is 6.97. The van der Waals surface area contributed by atoms with Gasteiger partial charge in [-0.2, -0.15) is 0 Å². The topological polar surface area (TPSA) is 90.9 Å². The van der Waals surface area contributed by atoms with Crippen LogP contribution in [0, 0.1) is 0 Å². The van der Waals surface area contributed by atoms with Crippen molar-refractivity contribution in [3.05, 3.63) is 72.0 Å². The lowest BCUT2D eigenvalue weighted by Gasteiger charge is -2.08. The number of nitrogen functional groups attached to an aromatic ring is 1. The molecule has 0 saturated heterocycles. The van der Waals surface area contributed by atoms with Crippen LogP contribution in [0.2, 0.25) is 5.02 Å². The Bertz CT molecular complexity index is 1200. The van der Waals surface area contributed by atoms with E-state index in [0.29, 0.717) is 33.5 Å². The van der Waals surface area contributed by atoms with E-state index in [4.69, 9.17) is 26.8 Å². The molecule has 8 heteroatoms. The molecule has 1 amide bonds. The van der Waals surface area contributed by atoms with E-state index >= 15 is 0 Å². The SMILES string of the molecule is COc1ccc(-c2cn3cccc(OCC(=O)Nc4ccc(Cl)cc4)c3n2)cc1N. The summed E-state index contributed by atoms with van der Waals surface area (Å²) in [5, 5.41) is 3.36. The van der Waals surface area contributed by atoms with Gasteiger partial charge in [-0.15, -0.1) is 0 Å². The first kappa shape index (κ1) is 19.6. The summed E-state index contributed by atoms with van der Waals surface area (Å²) in [7, 11) is 1.57. The molecule has 152 valence electrons. The molecule has 3 N–H and O–H groups in total. The van der Waals surface area contributed by atoms with Crippen LogP contribution in [0.3, 0.4) is 0 Å². The monoisotopic (exact) mass is 422 g/mol. The number of anilines is 2. The van der Waals surface area contributed by atoms with E-state index in [9.17, 15) is 4.79 Å². The summed E-state index contributed by atoms with van der Waals surface area (Å²) in [5.41, 5.74) is 9.36. The van der Waals surface area contributed by atoms with Crippen LogP contribution in [0.5, 0.6) is 11.5 Å². The van der Waals surface area contributed by atoms with E-state index in [2.05, 4.69) is 10.3 Å². The lowest BCUT2D eigenvalue weighted by molar-refractivity contribution is -0.118. The van der Waals surface area contributed by atoms with Crippen LogP contribution in [-0.2, 0) is 4.79 Å². The number of hydrogen-bond acceptors (Lipinski definition) is 5. The van der Waals surface area contributed by atoms with Crippen molar-refractivity contribution in [1.82, 2.24) is 9.38 Å². The Morgan fingerprint density at radius 3 is 2.70 bits per heavy atom. The molecule has 0 unspecified atom stereocenters. The average Bonchev–Trinajstić information content (AvgIpc) is 3.19. The van der Waals surface area contributed by atoms with Gasteiger partial charge in [-0.3, -0.25) is 4.79 Å². The summed E-state index contributed by atoms with van der Waals surface area (Å²) in [5.74, 6) is 0.823. The minimum atomic E-state index is -0.283. The van der Waals surface area contributed by atoms with Crippen molar-refractivity contribution in [2.45, 2.75) is 0 Å². The van der Waals surface area contributed by atoms with Crippen molar-refractivity contribution in [3.63, 3.8) is 0 Å². The zero-order valence-corrected chi connectivity index (χ0v) is 16.9. The van der Waals surface area contributed by atoms with Crippen molar-refractivity contribution in [1.29, 1.82) is 0 Å². The number of nitrogens with two attached hydrogens (primary N) is 1. The highest BCUT2D eigenvalue weighted by Gasteiger charge is 2.12. The van der Waals surface area contributed by atoms with Crippen LogP contribution in [0.4, 0.5) is 11.4 Å². The van der Waals surface area contributed by atoms with E-state index in [1.54, 1.807) is 49.6 Å². The van der Waals surface area contributed by atoms with E-state index in [1.165, 1.54) is 0 Å². The number of hydrogen-bond donors (Lipinski definition) is 2.